The first kappa shape index (κ1) is 13.4. The zero-order valence-electron chi connectivity index (χ0n) is 7.34. The second-order valence-electron chi connectivity index (χ2n) is 2.81. The van der Waals surface area contributed by atoms with Gasteiger partial charge in [-0.15, -0.1) is 0 Å². The molecule has 0 unspecified atom stereocenters. The average Bonchev–Trinajstić information content (AvgIpc) is 1.59. The van der Waals surface area contributed by atoms with E-state index in [9.17, 15) is 5.11 Å². The van der Waals surface area contributed by atoms with Crippen LogP contribution in [0.3, 0.4) is 0 Å². The molecule has 0 rings (SSSR count). The van der Waals surface area contributed by atoms with E-state index in [1.807, 2.05) is 0 Å². The summed E-state index contributed by atoms with van der Waals surface area (Å²) in [5.74, 6) is -0.588. The molecular formula is C7H10NNaO2. The molecule has 0 radical (unpaired) electrons. The molecule has 56 valence electrons. The van der Waals surface area contributed by atoms with Crippen molar-refractivity contribution in [3.8, 4) is 6.07 Å². The predicted molar refractivity (Wildman–Crippen MR) is 34.5 cm³/mol. The van der Waals surface area contributed by atoms with E-state index < -0.39 is 11.5 Å². The Bertz CT molecular complexity index is 176. The second-order valence-corrected chi connectivity index (χ2v) is 2.81. The maximum Gasteiger partial charge on any atom is 1.00 e. The normalized spacial score (nSPS) is 11.3. The quantitative estimate of drug-likeness (QED) is 0.244. The van der Waals surface area contributed by atoms with Gasteiger partial charge >= 0.3 is 29.6 Å². The largest absolute Gasteiger partial charge is 1.00 e. The van der Waals surface area contributed by atoms with E-state index in [0.717, 1.165) is 6.08 Å². The van der Waals surface area contributed by atoms with Gasteiger partial charge < -0.3 is 9.84 Å². The fourth-order valence-corrected chi connectivity index (χ4v) is 0.384. The van der Waals surface area contributed by atoms with Gasteiger partial charge in [0, 0.05) is 11.7 Å². The van der Waals surface area contributed by atoms with Gasteiger partial charge in [-0.05, 0) is 0 Å². The Morgan fingerprint density at radius 1 is 1.55 bits per heavy atom. The van der Waals surface area contributed by atoms with Crippen LogP contribution in [0.15, 0.2) is 12.0 Å². The molecule has 3 nitrogen and oxygen atoms in total. The van der Waals surface area contributed by atoms with Gasteiger partial charge in [0.1, 0.15) is 0 Å². The Balaban J connectivity index is 0. The van der Waals surface area contributed by atoms with E-state index in [2.05, 4.69) is 0 Å². The van der Waals surface area contributed by atoms with Crippen molar-refractivity contribution < 1.29 is 39.4 Å². The number of nitriles is 1. The van der Waals surface area contributed by atoms with E-state index in [1.54, 1.807) is 26.8 Å². The van der Waals surface area contributed by atoms with Crippen LogP contribution in [0.25, 0.3) is 0 Å². The minimum absolute atomic E-state index is 0. The zero-order valence-corrected chi connectivity index (χ0v) is 9.34. The van der Waals surface area contributed by atoms with Crippen LogP contribution in [0.4, 0.5) is 0 Å². The van der Waals surface area contributed by atoms with Crippen molar-refractivity contribution in [2.75, 3.05) is 0 Å². The maximum atomic E-state index is 10.6. The molecular weight excluding hydrogens is 153 g/mol. The van der Waals surface area contributed by atoms with Crippen LogP contribution >= 0.6 is 0 Å². The van der Waals surface area contributed by atoms with Crippen LogP contribution in [0.1, 0.15) is 20.8 Å². The van der Waals surface area contributed by atoms with Crippen molar-refractivity contribution >= 4 is 0 Å². The number of allylic oxidation sites excluding steroid dienone is 1. The number of hydrogen-bond donors (Lipinski definition) is 0. The van der Waals surface area contributed by atoms with Gasteiger partial charge in [-0.25, -0.2) is 0 Å². The maximum absolute atomic E-state index is 10.6. The smallest absolute Gasteiger partial charge is 0.607 e. The van der Waals surface area contributed by atoms with Crippen molar-refractivity contribution in [3.05, 3.63) is 12.0 Å². The van der Waals surface area contributed by atoms with Gasteiger partial charge in [0.25, 0.3) is 0 Å². The first-order valence-corrected chi connectivity index (χ1v) is 2.91. The standard InChI is InChI=1S/C7H11NO2.Na/c1-7(2,3)10-6(9)4-5-8;/h4,9H,1-3H3;/q;+1/p-1. The van der Waals surface area contributed by atoms with E-state index in [1.165, 1.54) is 0 Å². The van der Waals surface area contributed by atoms with Gasteiger partial charge in [-0.3, -0.25) is 0 Å². The van der Waals surface area contributed by atoms with E-state index in [0.29, 0.717) is 0 Å². The molecule has 0 bridgehead atoms. The molecule has 0 amide bonds. The van der Waals surface area contributed by atoms with Crippen molar-refractivity contribution in [1.29, 1.82) is 5.26 Å². The molecule has 11 heavy (non-hydrogen) atoms. The Labute approximate surface area is 89.0 Å². The molecule has 0 atom stereocenters. The average molecular weight is 163 g/mol. The molecule has 0 saturated carbocycles. The van der Waals surface area contributed by atoms with Crippen molar-refractivity contribution in [1.82, 2.24) is 0 Å². The SMILES string of the molecule is CC(C)(C)OC([O-])=CC#N.[Na+]. The topological polar surface area (TPSA) is 56.1 Å². The number of nitrogens with zero attached hydrogens (tertiary/aromatic N) is 1. The summed E-state index contributed by atoms with van der Waals surface area (Å²) in [6.07, 6.45) is 0.839. The number of ether oxygens (including phenoxy) is 1. The molecule has 0 N–H and O–H groups in total. The third kappa shape index (κ3) is 9.83. The van der Waals surface area contributed by atoms with E-state index in [-0.39, 0.29) is 29.6 Å². The summed E-state index contributed by atoms with van der Waals surface area (Å²) in [7, 11) is 0. The van der Waals surface area contributed by atoms with Crippen LogP contribution in [0.2, 0.25) is 0 Å². The molecule has 0 aromatic rings. The molecule has 0 fully saturated rings. The molecule has 0 spiro atoms. The Hall–Kier alpha value is -0.170. The predicted octanol–water partition coefficient (Wildman–Crippen LogP) is -2.47. The Morgan fingerprint density at radius 3 is 2.27 bits per heavy atom. The molecule has 4 heteroatoms. The van der Waals surface area contributed by atoms with Gasteiger partial charge in [0.05, 0.1) is 12.0 Å². The molecule has 0 aromatic heterocycles. The van der Waals surface area contributed by atoms with Gasteiger partial charge in [0.2, 0.25) is 0 Å². The summed E-state index contributed by atoms with van der Waals surface area (Å²) >= 11 is 0. The molecule has 0 aromatic carbocycles. The fraction of sp³-hybridized carbons (Fsp3) is 0.571. The number of rotatable bonds is 1. The molecule has 0 aliphatic heterocycles. The summed E-state index contributed by atoms with van der Waals surface area (Å²) in [4.78, 5) is 0. The van der Waals surface area contributed by atoms with Crippen molar-refractivity contribution in [2.24, 2.45) is 0 Å². The Kier molecular flexibility index (Phi) is 6.68. The third-order valence-electron chi connectivity index (χ3n) is 0.589. The van der Waals surface area contributed by atoms with Crippen LogP contribution in [0, 0.1) is 11.3 Å². The first-order chi connectivity index (χ1) is 4.45. The summed E-state index contributed by atoms with van der Waals surface area (Å²) in [6, 6.07) is 1.59. The van der Waals surface area contributed by atoms with Crippen LogP contribution in [-0.2, 0) is 4.74 Å². The third-order valence-corrected chi connectivity index (χ3v) is 0.589. The van der Waals surface area contributed by atoms with Crippen LogP contribution < -0.4 is 34.7 Å². The Morgan fingerprint density at radius 2 is 2.00 bits per heavy atom. The minimum atomic E-state index is -0.588. The first-order valence-electron chi connectivity index (χ1n) is 2.91. The van der Waals surface area contributed by atoms with Crippen LogP contribution in [-0.4, -0.2) is 5.60 Å². The summed E-state index contributed by atoms with van der Waals surface area (Å²) in [5, 5.41) is 18.6. The van der Waals surface area contributed by atoms with Gasteiger partial charge in [0.15, 0.2) is 0 Å². The molecule has 0 saturated heterocycles. The van der Waals surface area contributed by atoms with E-state index in [4.69, 9.17) is 10.00 Å². The van der Waals surface area contributed by atoms with Gasteiger partial charge in [-0.2, -0.15) is 5.26 Å². The minimum Gasteiger partial charge on any atom is -0.607 e. The molecule has 0 aliphatic carbocycles. The summed E-state index contributed by atoms with van der Waals surface area (Å²) < 4.78 is 4.76. The fourth-order valence-electron chi connectivity index (χ4n) is 0.384. The van der Waals surface area contributed by atoms with Crippen molar-refractivity contribution in [2.45, 2.75) is 26.4 Å². The van der Waals surface area contributed by atoms with E-state index >= 15 is 0 Å². The second kappa shape index (κ2) is 5.48. The zero-order chi connectivity index (χ0) is 8.20. The van der Waals surface area contributed by atoms with Gasteiger partial charge in [-0.1, -0.05) is 20.8 Å². The number of hydrogen-bond acceptors (Lipinski definition) is 3. The van der Waals surface area contributed by atoms with Crippen LogP contribution in [0.5, 0.6) is 0 Å². The summed E-state index contributed by atoms with van der Waals surface area (Å²) in [5.41, 5.74) is -0.509. The molecule has 0 heterocycles. The van der Waals surface area contributed by atoms with Crippen molar-refractivity contribution in [3.63, 3.8) is 0 Å². The molecule has 0 aliphatic rings. The monoisotopic (exact) mass is 163 g/mol. The summed E-state index contributed by atoms with van der Waals surface area (Å²) in [6.45, 7) is 5.24.